The zero-order chi connectivity index (χ0) is 9.42. The van der Waals surface area contributed by atoms with Gasteiger partial charge in [0.15, 0.2) is 0 Å². The van der Waals surface area contributed by atoms with E-state index >= 15 is 0 Å². The Balaban J connectivity index is 2.43. The number of halogens is 1. The lowest BCUT2D eigenvalue weighted by Crippen LogP contribution is -2.27. The molecule has 0 radical (unpaired) electrons. The molecule has 0 amide bonds. The lowest BCUT2D eigenvalue weighted by molar-refractivity contribution is 0.472. The average Bonchev–Trinajstić information content (AvgIpc) is 2.08. The Morgan fingerprint density at radius 1 is 1.38 bits per heavy atom. The van der Waals surface area contributed by atoms with E-state index in [0.29, 0.717) is 5.02 Å². The molecular weight excluding hydrogens is 186 g/mol. The zero-order valence-corrected chi connectivity index (χ0v) is 8.01. The minimum Gasteiger partial charge on any atom is -0.506 e. The Labute approximate surface area is 82.3 Å². The molecule has 1 aliphatic rings. The van der Waals surface area contributed by atoms with Crippen LogP contribution < -0.4 is 5.73 Å². The predicted molar refractivity (Wildman–Crippen MR) is 53.1 cm³/mol. The summed E-state index contributed by atoms with van der Waals surface area (Å²) in [7, 11) is 0. The second-order valence-corrected chi connectivity index (χ2v) is 3.98. The zero-order valence-electron chi connectivity index (χ0n) is 7.26. The van der Waals surface area contributed by atoms with Crippen molar-refractivity contribution in [1.29, 1.82) is 0 Å². The fraction of sp³-hybridized carbons (Fsp3) is 0.400. The van der Waals surface area contributed by atoms with E-state index in [1.54, 1.807) is 6.07 Å². The fourth-order valence-electron chi connectivity index (χ4n) is 1.79. The molecule has 1 aromatic carbocycles. The minimum atomic E-state index is 0.162. The molecule has 0 fully saturated rings. The summed E-state index contributed by atoms with van der Waals surface area (Å²) >= 11 is 5.80. The van der Waals surface area contributed by atoms with E-state index in [2.05, 4.69) is 0 Å². The maximum Gasteiger partial charge on any atom is 0.134 e. The van der Waals surface area contributed by atoms with Crippen LogP contribution in [0.2, 0.25) is 5.02 Å². The van der Waals surface area contributed by atoms with Gasteiger partial charge in [-0.2, -0.15) is 0 Å². The first-order valence-corrected chi connectivity index (χ1v) is 4.80. The molecule has 1 aromatic rings. The second-order valence-electron chi connectivity index (χ2n) is 3.58. The summed E-state index contributed by atoms with van der Waals surface area (Å²) < 4.78 is 0. The van der Waals surface area contributed by atoms with Crippen molar-refractivity contribution in [2.45, 2.75) is 25.3 Å². The lowest BCUT2D eigenvalue weighted by atomic mass is 9.89. The molecule has 13 heavy (non-hydrogen) atoms. The third-order valence-electron chi connectivity index (χ3n) is 2.54. The number of phenols is 1. The van der Waals surface area contributed by atoms with Crippen molar-refractivity contribution in [3.05, 3.63) is 28.3 Å². The molecule has 2 rings (SSSR count). The van der Waals surface area contributed by atoms with Crippen molar-refractivity contribution in [3.63, 3.8) is 0 Å². The van der Waals surface area contributed by atoms with Crippen LogP contribution >= 0.6 is 11.6 Å². The number of rotatable bonds is 0. The monoisotopic (exact) mass is 197 g/mol. The Morgan fingerprint density at radius 3 is 2.92 bits per heavy atom. The highest BCUT2D eigenvalue weighted by atomic mass is 35.5. The average molecular weight is 198 g/mol. The normalized spacial score (nSPS) is 21.2. The number of nitrogens with two attached hydrogens (primary N) is 1. The minimum absolute atomic E-state index is 0.162. The van der Waals surface area contributed by atoms with Crippen molar-refractivity contribution in [2.75, 3.05) is 0 Å². The summed E-state index contributed by atoms with van der Waals surface area (Å²) in [6.07, 6.45) is 2.82. The molecule has 0 heterocycles. The van der Waals surface area contributed by atoms with Gasteiger partial charge in [0, 0.05) is 6.04 Å². The van der Waals surface area contributed by atoms with Gasteiger partial charge < -0.3 is 10.8 Å². The molecule has 0 saturated carbocycles. The van der Waals surface area contributed by atoms with E-state index < -0.39 is 0 Å². The Kier molecular flexibility index (Phi) is 2.18. The SMILES string of the molecule is NC1CCc2cc(Cl)c(O)cc2C1. The number of hydrogen-bond donors (Lipinski definition) is 2. The molecule has 70 valence electrons. The molecule has 0 saturated heterocycles. The lowest BCUT2D eigenvalue weighted by Gasteiger charge is -2.21. The first kappa shape index (κ1) is 8.85. The van der Waals surface area contributed by atoms with Gasteiger partial charge in [-0.3, -0.25) is 0 Å². The van der Waals surface area contributed by atoms with Gasteiger partial charge in [-0.15, -0.1) is 0 Å². The molecule has 3 heteroatoms. The number of phenolic OH excluding ortho intramolecular Hbond substituents is 1. The molecule has 0 aliphatic heterocycles. The second kappa shape index (κ2) is 3.20. The first-order valence-electron chi connectivity index (χ1n) is 4.42. The molecule has 1 atom stereocenters. The van der Waals surface area contributed by atoms with Crippen molar-refractivity contribution in [3.8, 4) is 5.75 Å². The number of hydrogen-bond acceptors (Lipinski definition) is 2. The number of benzene rings is 1. The maximum atomic E-state index is 9.39. The van der Waals surface area contributed by atoms with Crippen LogP contribution in [0.3, 0.4) is 0 Å². The highest BCUT2D eigenvalue weighted by Crippen LogP contribution is 2.30. The molecular formula is C10H12ClNO. The van der Waals surface area contributed by atoms with Crippen molar-refractivity contribution in [2.24, 2.45) is 5.73 Å². The summed E-state index contributed by atoms with van der Waals surface area (Å²) in [5, 5.41) is 9.83. The number of aryl methyl sites for hydroxylation is 1. The van der Waals surface area contributed by atoms with Crippen LogP contribution in [0.25, 0.3) is 0 Å². The van der Waals surface area contributed by atoms with Gasteiger partial charge in [-0.25, -0.2) is 0 Å². The summed E-state index contributed by atoms with van der Waals surface area (Å²) in [5.41, 5.74) is 8.19. The van der Waals surface area contributed by atoms with E-state index in [0.717, 1.165) is 24.8 Å². The van der Waals surface area contributed by atoms with Crippen LogP contribution in [0.1, 0.15) is 17.5 Å². The maximum absolute atomic E-state index is 9.39. The topological polar surface area (TPSA) is 46.2 Å². The van der Waals surface area contributed by atoms with Gasteiger partial charge in [0.05, 0.1) is 5.02 Å². The molecule has 3 N–H and O–H groups in total. The van der Waals surface area contributed by atoms with E-state index in [9.17, 15) is 5.11 Å². The third kappa shape index (κ3) is 1.64. The van der Waals surface area contributed by atoms with Gasteiger partial charge in [0.1, 0.15) is 5.75 Å². The molecule has 0 spiro atoms. The number of aromatic hydroxyl groups is 1. The van der Waals surface area contributed by atoms with Crippen molar-refractivity contribution in [1.82, 2.24) is 0 Å². The van der Waals surface area contributed by atoms with E-state index in [1.165, 1.54) is 5.56 Å². The molecule has 0 aromatic heterocycles. The standard InChI is InChI=1S/C10H12ClNO/c11-9-4-6-1-2-8(12)3-7(6)5-10(9)13/h4-5,8,13H,1-3,12H2. The van der Waals surface area contributed by atoms with E-state index in [-0.39, 0.29) is 11.8 Å². The highest BCUT2D eigenvalue weighted by Gasteiger charge is 2.16. The van der Waals surface area contributed by atoms with Crippen LogP contribution in [0.5, 0.6) is 5.75 Å². The van der Waals surface area contributed by atoms with Crippen molar-refractivity contribution >= 4 is 11.6 Å². The fourth-order valence-corrected chi connectivity index (χ4v) is 1.98. The van der Waals surface area contributed by atoms with E-state index in [1.807, 2.05) is 6.07 Å². The summed E-state index contributed by atoms with van der Waals surface area (Å²) in [4.78, 5) is 0. The molecule has 2 nitrogen and oxygen atoms in total. The molecule has 1 aliphatic carbocycles. The van der Waals surface area contributed by atoms with Crippen LogP contribution in [-0.2, 0) is 12.8 Å². The van der Waals surface area contributed by atoms with Crippen LogP contribution in [0, 0.1) is 0 Å². The Bertz CT molecular complexity index is 338. The third-order valence-corrected chi connectivity index (χ3v) is 2.84. The summed E-state index contributed by atoms with van der Waals surface area (Å²) in [5.74, 6) is 0.162. The van der Waals surface area contributed by atoms with Crippen LogP contribution in [-0.4, -0.2) is 11.1 Å². The molecule has 0 bridgehead atoms. The van der Waals surface area contributed by atoms with Crippen molar-refractivity contribution < 1.29 is 5.11 Å². The Hall–Kier alpha value is -0.730. The summed E-state index contributed by atoms with van der Waals surface area (Å²) in [6, 6.07) is 3.81. The van der Waals surface area contributed by atoms with Gasteiger partial charge in [-0.1, -0.05) is 11.6 Å². The first-order chi connectivity index (χ1) is 6.16. The number of fused-ring (bicyclic) bond motifs is 1. The van der Waals surface area contributed by atoms with Crippen LogP contribution in [0.4, 0.5) is 0 Å². The van der Waals surface area contributed by atoms with E-state index in [4.69, 9.17) is 17.3 Å². The smallest absolute Gasteiger partial charge is 0.134 e. The van der Waals surface area contributed by atoms with Gasteiger partial charge in [-0.05, 0) is 42.5 Å². The predicted octanol–water partition coefficient (Wildman–Crippen LogP) is 1.86. The van der Waals surface area contributed by atoms with Gasteiger partial charge in [0.25, 0.3) is 0 Å². The van der Waals surface area contributed by atoms with Gasteiger partial charge >= 0.3 is 0 Å². The van der Waals surface area contributed by atoms with Crippen LogP contribution in [0.15, 0.2) is 12.1 Å². The molecule has 1 unspecified atom stereocenters. The highest BCUT2D eigenvalue weighted by molar-refractivity contribution is 6.32. The largest absolute Gasteiger partial charge is 0.506 e. The summed E-state index contributed by atoms with van der Waals surface area (Å²) in [6.45, 7) is 0. The Morgan fingerprint density at radius 2 is 2.15 bits per heavy atom. The quantitative estimate of drug-likeness (QED) is 0.667. The van der Waals surface area contributed by atoms with Gasteiger partial charge in [0.2, 0.25) is 0 Å².